The molecule has 0 aromatic rings. The quantitative estimate of drug-likeness (QED) is 0.708. The summed E-state index contributed by atoms with van der Waals surface area (Å²) >= 11 is 0. The number of likely N-dealkylation sites (tertiary alicyclic amines) is 1. The third-order valence-electron chi connectivity index (χ3n) is 3.94. The Morgan fingerprint density at radius 3 is 2.83 bits per heavy atom. The normalized spacial score (nSPS) is 30.9. The highest BCUT2D eigenvalue weighted by Gasteiger charge is 2.28. The van der Waals surface area contributed by atoms with Crippen molar-refractivity contribution in [1.29, 1.82) is 0 Å². The Labute approximate surface area is 108 Å². The van der Waals surface area contributed by atoms with Gasteiger partial charge in [-0.2, -0.15) is 0 Å². The van der Waals surface area contributed by atoms with Gasteiger partial charge in [0.15, 0.2) is 0 Å². The molecular weight excluding hydrogens is 230 g/mol. The van der Waals surface area contributed by atoms with Crippen LogP contribution in [0.5, 0.6) is 0 Å². The van der Waals surface area contributed by atoms with E-state index in [4.69, 9.17) is 0 Å². The van der Waals surface area contributed by atoms with Gasteiger partial charge >= 0.3 is 0 Å². The fraction of sp³-hybridized carbons (Fsp3) is 0.846. The first-order valence-electron chi connectivity index (χ1n) is 7.01. The SMILES string of the molecule is CCN1CCCC(NC2CCC(=O)NC2=O)CC1. The molecule has 2 amide bonds. The Morgan fingerprint density at radius 1 is 1.28 bits per heavy atom. The number of rotatable bonds is 3. The highest BCUT2D eigenvalue weighted by Crippen LogP contribution is 2.13. The molecule has 2 saturated heterocycles. The second-order valence-corrected chi connectivity index (χ2v) is 5.23. The highest BCUT2D eigenvalue weighted by atomic mass is 16.2. The molecule has 2 heterocycles. The van der Waals surface area contributed by atoms with Crippen molar-refractivity contribution in [3.05, 3.63) is 0 Å². The Hall–Kier alpha value is -0.940. The number of carbonyl (C=O) groups excluding carboxylic acids is 2. The molecule has 2 aliphatic rings. The molecule has 2 rings (SSSR count). The van der Waals surface area contributed by atoms with E-state index in [2.05, 4.69) is 22.5 Å². The molecule has 0 aromatic carbocycles. The van der Waals surface area contributed by atoms with Crippen LogP contribution in [0.15, 0.2) is 0 Å². The molecule has 0 bridgehead atoms. The van der Waals surface area contributed by atoms with Gasteiger partial charge in [-0.1, -0.05) is 6.92 Å². The number of nitrogens with one attached hydrogen (secondary N) is 2. The van der Waals surface area contributed by atoms with E-state index in [1.54, 1.807) is 0 Å². The number of nitrogens with zero attached hydrogens (tertiary/aromatic N) is 1. The summed E-state index contributed by atoms with van der Waals surface area (Å²) in [6, 6.07) is 0.228. The molecule has 5 nitrogen and oxygen atoms in total. The number of piperidine rings is 1. The summed E-state index contributed by atoms with van der Waals surface area (Å²) in [7, 11) is 0. The van der Waals surface area contributed by atoms with Crippen LogP contribution in [0, 0.1) is 0 Å². The fourth-order valence-electron chi connectivity index (χ4n) is 2.78. The number of hydrogen-bond donors (Lipinski definition) is 2. The lowest BCUT2D eigenvalue weighted by atomic mass is 10.0. The maximum absolute atomic E-state index is 11.7. The average molecular weight is 253 g/mol. The van der Waals surface area contributed by atoms with E-state index in [1.165, 1.54) is 6.42 Å². The zero-order valence-corrected chi connectivity index (χ0v) is 11.1. The standard InChI is InChI=1S/C13H23N3O2/c1-2-16-8-3-4-10(7-9-16)14-11-5-6-12(17)15-13(11)18/h10-11,14H,2-9H2,1H3,(H,15,17,18). The summed E-state index contributed by atoms with van der Waals surface area (Å²) in [4.78, 5) is 25.2. The molecule has 2 N–H and O–H groups in total. The Morgan fingerprint density at radius 2 is 2.11 bits per heavy atom. The molecule has 2 unspecified atom stereocenters. The van der Waals surface area contributed by atoms with Crippen LogP contribution in [0.4, 0.5) is 0 Å². The lowest BCUT2D eigenvalue weighted by molar-refractivity contribution is -0.134. The zero-order valence-electron chi connectivity index (χ0n) is 11.1. The molecule has 5 heteroatoms. The minimum absolute atomic E-state index is 0.143. The molecule has 18 heavy (non-hydrogen) atoms. The predicted octanol–water partition coefficient (Wildman–Crippen LogP) is 0.256. The van der Waals surface area contributed by atoms with E-state index in [1.807, 2.05) is 0 Å². The van der Waals surface area contributed by atoms with Crippen molar-refractivity contribution >= 4 is 11.8 Å². The summed E-state index contributed by atoms with van der Waals surface area (Å²) in [5, 5.41) is 5.83. The van der Waals surface area contributed by atoms with Crippen LogP contribution in [-0.4, -0.2) is 48.4 Å². The number of amides is 2. The molecule has 102 valence electrons. The van der Waals surface area contributed by atoms with E-state index in [-0.39, 0.29) is 17.9 Å². The molecule has 2 aliphatic heterocycles. The molecule has 2 fully saturated rings. The van der Waals surface area contributed by atoms with Crippen LogP contribution in [0.3, 0.4) is 0 Å². The van der Waals surface area contributed by atoms with Gasteiger partial charge in [-0.15, -0.1) is 0 Å². The second kappa shape index (κ2) is 6.29. The van der Waals surface area contributed by atoms with Crippen molar-refractivity contribution < 1.29 is 9.59 Å². The predicted molar refractivity (Wildman–Crippen MR) is 69.1 cm³/mol. The van der Waals surface area contributed by atoms with Crippen LogP contribution in [-0.2, 0) is 9.59 Å². The summed E-state index contributed by atoms with van der Waals surface area (Å²) in [5.74, 6) is -0.293. The third-order valence-corrected chi connectivity index (χ3v) is 3.94. The van der Waals surface area contributed by atoms with E-state index in [0.717, 1.165) is 32.5 Å². The van der Waals surface area contributed by atoms with Gasteiger partial charge in [0, 0.05) is 12.5 Å². The Kier molecular flexibility index (Phi) is 4.72. The largest absolute Gasteiger partial charge is 0.304 e. The van der Waals surface area contributed by atoms with Crippen molar-refractivity contribution in [3.8, 4) is 0 Å². The van der Waals surface area contributed by atoms with Gasteiger partial charge in [-0.3, -0.25) is 14.9 Å². The van der Waals surface area contributed by atoms with Crippen molar-refractivity contribution in [2.45, 2.75) is 51.1 Å². The van der Waals surface area contributed by atoms with Gasteiger partial charge in [0.05, 0.1) is 6.04 Å². The summed E-state index contributed by atoms with van der Waals surface area (Å²) in [6.07, 6.45) is 4.48. The van der Waals surface area contributed by atoms with Gasteiger partial charge < -0.3 is 10.2 Å². The van der Waals surface area contributed by atoms with Crippen molar-refractivity contribution in [2.24, 2.45) is 0 Å². The van der Waals surface area contributed by atoms with Crippen LogP contribution in [0.2, 0.25) is 0 Å². The monoisotopic (exact) mass is 253 g/mol. The second-order valence-electron chi connectivity index (χ2n) is 5.23. The fourth-order valence-corrected chi connectivity index (χ4v) is 2.78. The molecule has 0 aromatic heterocycles. The first-order chi connectivity index (χ1) is 8.69. The van der Waals surface area contributed by atoms with E-state index >= 15 is 0 Å². The molecule has 0 saturated carbocycles. The lowest BCUT2D eigenvalue weighted by Gasteiger charge is -2.26. The first kappa shape index (κ1) is 13.5. The highest BCUT2D eigenvalue weighted by molar-refractivity contribution is 6.00. The van der Waals surface area contributed by atoms with Crippen molar-refractivity contribution in [3.63, 3.8) is 0 Å². The van der Waals surface area contributed by atoms with Gasteiger partial charge in [0.1, 0.15) is 0 Å². The van der Waals surface area contributed by atoms with Crippen LogP contribution in [0.25, 0.3) is 0 Å². The smallest absolute Gasteiger partial charge is 0.243 e. The maximum atomic E-state index is 11.7. The van der Waals surface area contributed by atoms with Gasteiger partial charge in [-0.05, 0) is 45.3 Å². The average Bonchev–Trinajstić information content (AvgIpc) is 2.58. The molecule has 0 radical (unpaired) electrons. The summed E-state index contributed by atoms with van der Waals surface area (Å²) in [5.41, 5.74) is 0. The molecule has 2 atom stereocenters. The third kappa shape index (κ3) is 3.53. The summed E-state index contributed by atoms with van der Waals surface area (Å²) in [6.45, 7) is 5.55. The van der Waals surface area contributed by atoms with Crippen LogP contribution in [0.1, 0.15) is 39.0 Å². The van der Waals surface area contributed by atoms with Crippen molar-refractivity contribution in [1.82, 2.24) is 15.5 Å². The first-order valence-corrected chi connectivity index (χ1v) is 7.01. The number of carbonyl (C=O) groups is 2. The zero-order chi connectivity index (χ0) is 13.0. The molecule has 0 spiro atoms. The molecular formula is C13H23N3O2. The molecule has 0 aliphatic carbocycles. The maximum Gasteiger partial charge on any atom is 0.243 e. The Balaban J connectivity index is 1.82. The van der Waals surface area contributed by atoms with Gasteiger partial charge in [0.2, 0.25) is 11.8 Å². The lowest BCUT2D eigenvalue weighted by Crippen LogP contribution is -2.53. The number of imide groups is 1. The minimum Gasteiger partial charge on any atom is -0.304 e. The van der Waals surface area contributed by atoms with E-state index in [9.17, 15) is 9.59 Å². The minimum atomic E-state index is -0.180. The number of hydrogen-bond acceptors (Lipinski definition) is 4. The van der Waals surface area contributed by atoms with E-state index < -0.39 is 0 Å². The van der Waals surface area contributed by atoms with Crippen LogP contribution >= 0.6 is 0 Å². The van der Waals surface area contributed by atoms with E-state index in [0.29, 0.717) is 18.9 Å². The van der Waals surface area contributed by atoms with Crippen molar-refractivity contribution in [2.75, 3.05) is 19.6 Å². The topological polar surface area (TPSA) is 61.4 Å². The van der Waals surface area contributed by atoms with Crippen LogP contribution < -0.4 is 10.6 Å². The van der Waals surface area contributed by atoms with Gasteiger partial charge in [-0.25, -0.2) is 0 Å². The Bertz CT molecular complexity index is 319. The summed E-state index contributed by atoms with van der Waals surface area (Å²) < 4.78 is 0. The van der Waals surface area contributed by atoms with Gasteiger partial charge in [0.25, 0.3) is 0 Å².